The standard InChI is InChI=1S/C11H10FNO4/c1-17-9(14)6-5-7-3-2-4-8(12)10(7)13-11(15)16/h2-6,13H,1H3,(H,15,16)/b6-5+. The molecule has 0 aliphatic heterocycles. The smallest absolute Gasteiger partial charge is 0.409 e. The van der Waals surface area contributed by atoms with Crippen LogP contribution in [0.5, 0.6) is 0 Å². The first-order valence-electron chi connectivity index (χ1n) is 4.59. The largest absolute Gasteiger partial charge is 0.466 e. The number of amides is 1. The van der Waals surface area contributed by atoms with Crippen LogP contribution in [0.4, 0.5) is 14.9 Å². The molecule has 1 rings (SSSR count). The summed E-state index contributed by atoms with van der Waals surface area (Å²) < 4.78 is 17.7. The number of rotatable bonds is 3. The van der Waals surface area contributed by atoms with Gasteiger partial charge in [-0.05, 0) is 12.1 Å². The minimum absolute atomic E-state index is 0.208. The fourth-order valence-electron chi connectivity index (χ4n) is 1.14. The number of carboxylic acid groups (broad SMARTS) is 1. The van der Waals surface area contributed by atoms with Gasteiger partial charge in [0.1, 0.15) is 5.82 Å². The average molecular weight is 239 g/mol. The van der Waals surface area contributed by atoms with Crippen molar-refractivity contribution in [1.29, 1.82) is 0 Å². The molecule has 2 N–H and O–H groups in total. The highest BCUT2D eigenvalue weighted by Crippen LogP contribution is 2.21. The fraction of sp³-hybridized carbons (Fsp3) is 0.0909. The SMILES string of the molecule is COC(=O)/C=C/c1cccc(F)c1NC(=O)O. The van der Waals surface area contributed by atoms with Crippen LogP contribution in [0.1, 0.15) is 5.56 Å². The maximum absolute atomic E-state index is 13.3. The monoisotopic (exact) mass is 239 g/mol. The number of carbonyl (C=O) groups excluding carboxylic acids is 1. The molecule has 0 aliphatic rings. The number of hydrogen-bond donors (Lipinski definition) is 2. The van der Waals surface area contributed by atoms with Crippen molar-refractivity contribution in [2.45, 2.75) is 0 Å². The van der Waals surface area contributed by atoms with E-state index in [4.69, 9.17) is 5.11 Å². The molecule has 0 bridgehead atoms. The van der Waals surface area contributed by atoms with Crippen LogP contribution in [-0.2, 0) is 9.53 Å². The van der Waals surface area contributed by atoms with E-state index in [-0.39, 0.29) is 11.3 Å². The maximum atomic E-state index is 13.3. The Morgan fingerprint density at radius 1 is 1.47 bits per heavy atom. The second-order valence-corrected chi connectivity index (χ2v) is 2.99. The Morgan fingerprint density at radius 2 is 2.18 bits per heavy atom. The third-order valence-electron chi connectivity index (χ3n) is 1.88. The van der Waals surface area contributed by atoms with Gasteiger partial charge in [0.15, 0.2) is 0 Å². The van der Waals surface area contributed by atoms with Crippen molar-refractivity contribution in [1.82, 2.24) is 0 Å². The molecule has 17 heavy (non-hydrogen) atoms. The molecule has 0 aromatic heterocycles. The molecular weight excluding hydrogens is 229 g/mol. The first-order chi connectivity index (χ1) is 8.04. The molecular formula is C11H10FNO4. The van der Waals surface area contributed by atoms with Crippen LogP contribution >= 0.6 is 0 Å². The summed E-state index contributed by atoms with van der Waals surface area (Å²) in [7, 11) is 1.20. The van der Waals surface area contributed by atoms with Crippen molar-refractivity contribution in [3.63, 3.8) is 0 Å². The van der Waals surface area contributed by atoms with Crippen LogP contribution in [0.15, 0.2) is 24.3 Å². The summed E-state index contributed by atoms with van der Waals surface area (Å²) in [5.41, 5.74) is 0.0259. The quantitative estimate of drug-likeness (QED) is 0.625. The van der Waals surface area contributed by atoms with Crippen LogP contribution in [-0.4, -0.2) is 24.3 Å². The lowest BCUT2D eigenvalue weighted by Gasteiger charge is -2.06. The van der Waals surface area contributed by atoms with Gasteiger partial charge in [-0.25, -0.2) is 14.0 Å². The minimum Gasteiger partial charge on any atom is -0.466 e. The van der Waals surface area contributed by atoms with E-state index in [1.165, 1.54) is 25.3 Å². The summed E-state index contributed by atoms with van der Waals surface area (Å²) >= 11 is 0. The molecule has 6 heteroatoms. The van der Waals surface area contributed by atoms with Gasteiger partial charge in [-0.15, -0.1) is 0 Å². The summed E-state index contributed by atoms with van der Waals surface area (Å²) in [6, 6.07) is 3.98. The number of ether oxygens (including phenoxy) is 1. The van der Waals surface area contributed by atoms with Crippen molar-refractivity contribution in [3.05, 3.63) is 35.7 Å². The van der Waals surface area contributed by atoms with Gasteiger partial charge in [-0.1, -0.05) is 12.1 Å². The van der Waals surface area contributed by atoms with Crippen molar-refractivity contribution >= 4 is 23.8 Å². The molecule has 0 radical (unpaired) electrons. The number of halogens is 1. The Labute approximate surface area is 96.5 Å². The zero-order chi connectivity index (χ0) is 12.8. The minimum atomic E-state index is -1.39. The normalized spacial score (nSPS) is 10.2. The molecule has 0 saturated carbocycles. The summed E-state index contributed by atoms with van der Waals surface area (Å²) in [5.74, 6) is -1.34. The predicted molar refractivity (Wildman–Crippen MR) is 59.1 cm³/mol. The number of esters is 1. The Balaban J connectivity index is 3.06. The maximum Gasteiger partial charge on any atom is 0.409 e. The highest BCUT2D eigenvalue weighted by Gasteiger charge is 2.09. The summed E-state index contributed by atoms with van der Waals surface area (Å²) in [6.07, 6.45) is 0.949. The number of methoxy groups -OCH3 is 1. The first kappa shape index (κ1) is 12.7. The Hall–Kier alpha value is -2.37. The molecule has 0 aliphatic carbocycles. The Kier molecular flexibility index (Phi) is 4.21. The topological polar surface area (TPSA) is 75.6 Å². The first-order valence-corrected chi connectivity index (χ1v) is 4.59. The lowest BCUT2D eigenvalue weighted by atomic mass is 10.1. The zero-order valence-electron chi connectivity index (χ0n) is 8.94. The van der Waals surface area contributed by atoms with E-state index in [1.54, 1.807) is 0 Å². The van der Waals surface area contributed by atoms with Crippen molar-refractivity contribution in [2.75, 3.05) is 12.4 Å². The molecule has 0 heterocycles. The van der Waals surface area contributed by atoms with Gasteiger partial charge in [0, 0.05) is 11.6 Å². The highest BCUT2D eigenvalue weighted by molar-refractivity contribution is 5.91. The second kappa shape index (κ2) is 5.64. The average Bonchev–Trinajstić information content (AvgIpc) is 2.29. The lowest BCUT2D eigenvalue weighted by Crippen LogP contribution is -2.10. The van der Waals surface area contributed by atoms with Gasteiger partial charge in [-0.3, -0.25) is 5.32 Å². The zero-order valence-corrected chi connectivity index (χ0v) is 8.94. The summed E-state index contributed by atoms with van der Waals surface area (Å²) in [6.45, 7) is 0. The molecule has 1 aromatic carbocycles. The van der Waals surface area contributed by atoms with Crippen LogP contribution in [0, 0.1) is 5.82 Å². The number of hydrogen-bond acceptors (Lipinski definition) is 3. The van der Waals surface area contributed by atoms with Crippen molar-refractivity contribution < 1.29 is 23.8 Å². The predicted octanol–water partition coefficient (Wildman–Crippen LogP) is 2.10. The highest BCUT2D eigenvalue weighted by atomic mass is 19.1. The van der Waals surface area contributed by atoms with Crippen molar-refractivity contribution in [3.8, 4) is 0 Å². The molecule has 0 atom stereocenters. The van der Waals surface area contributed by atoms with E-state index < -0.39 is 17.9 Å². The number of anilines is 1. The van der Waals surface area contributed by atoms with Gasteiger partial charge in [0.2, 0.25) is 0 Å². The van der Waals surface area contributed by atoms with Crippen LogP contribution in [0.3, 0.4) is 0 Å². The van der Waals surface area contributed by atoms with E-state index in [0.717, 1.165) is 12.1 Å². The Bertz CT molecular complexity index is 471. The van der Waals surface area contributed by atoms with Crippen molar-refractivity contribution in [2.24, 2.45) is 0 Å². The molecule has 0 unspecified atom stereocenters. The van der Waals surface area contributed by atoms with Gasteiger partial charge in [-0.2, -0.15) is 0 Å². The third-order valence-corrected chi connectivity index (χ3v) is 1.88. The number of carbonyl (C=O) groups is 2. The van der Waals surface area contributed by atoms with E-state index in [1.807, 2.05) is 5.32 Å². The summed E-state index contributed by atoms with van der Waals surface area (Å²) in [5, 5.41) is 10.5. The molecule has 0 spiro atoms. The van der Waals surface area contributed by atoms with Gasteiger partial charge in [0.05, 0.1) is 12.8 Å². The number of benzene rings is 1. The molecule has 0 saturated heterocycles. The number of nitrogens with one attached hydrogen (secondary N) is 1. The number of para-hydroxylation sites is 1. The van der Waals surface area contributed by atoms with Gasteiger partial charge in [0.25, 0.3) is 0 Å². The molecule has 5 nitrogen and oxygen atoms in total. The second-order valence-electron chi connectivity index (χ2n) is 2.99. The van der Waals surface area contributed by atoms with E-state index in [9.17, 15) is 14.0 Å². The fourth-order valence-corrected chi connectivity index (χ4v) is 1.14. The summed E-state index contributed by atoms with van der Waals surface area (Å²) in [4.78, 5) is 21.3. The third kappa shape index (κ3) is 3.60. The van der Waals surface area contributed by atoms with Gasteiger partial charge < -0.3 is 9.84 Å². The van der Waals surface area contributed by atoms with Gasteiger partial charge >= 0.3 is 12.1 Å². The van der Waals surface area contributed by atoms with Crippen LogP contribution in [0.25, 0.3) is 6.08 Å². The lowest BCUT2D eigenvalue weighted by molar-refractivity contribution is -0.134. The molecule has 1 aromatic rings. The molecule has 90 valence electrons. The van der Waals surface area contributed by atoms with E-state index in [0.29, 0.717) is 0 Å². The van der Waals surface area contributed by atoms with E-state index in [2.05, 4.69) is 4.74 Å². The van der Waals surface area contributed by atoms with Crippen LogP contribution < -0.4 is 5.32 Å². The van der Waals surface area contributed by atoms with Crippen LogP contribution in [0.2, 0.25) is 0 Å². The molecule has 1 amide bonds. The van der Waals surface area contributed by atoms with E-state index >= 15 is 0 Å². The Morgan fingerprint density at radius 3 is 2.76 bits per heavy atom. The molecule has 0 fully saturated rings.